The number of unbranched alkanes of at least 4 members (excludes halogenated alkanes) is 5. The van der Waals surface area contributed by atoms with Crippen molar-refractivity contribution in [3.05, 3.63) is 0 Å². The van der Waals surface area contributed by atoms with Crippen LogP contribution in [0.2, 0.25) is 0 Å². The SMILES string of the molecule is CCCCCCCCC1OC1Cl. The Balaban J connectivity index is 1.72. The van der Waals surface area contributed by atoms with E-state index >= 15 is 0 Å². The molecule has 0 saturated carbocycles. The number of alkyl halides is 1. The van der Waals surface area contributed by atoms with E-state index < -0.39 is 0 Å². The van der Waals surface area contributed by atoms with Gasteiger partial charge in [-0.15, -0.1) is 0 Å². The Bertz CT molecular complexity index is 116. The molecule has 12 heavy (non-hydrogen) atoms. The summed E-state index contributed by atoms with van der Waals surface area (Å²) in [5.41, 5.74) is 0.0423. The van der Waals surface area contributed by atoms with Gasteiger partial charge < -0.3 is 4.74 Å². The van der Waals surface area contributed by atoms with E-state index in [1.165, 1.54) is 44.9 Å². The van der Waals surface area contributed by atoms with Crippen LogP contribution < -0.4 is 0 Å². The zero-order chi connectivity index (χ0) is 8.81. The van der Waals surface area contributed by atoms with Crippen molar-refractivity contribution in [3.8, 4) is 0 Å². The van der Waals surface area contributed by atoms with Gasteiger partial charge in [0.15, 0.2) is 5.56 Å². The molecule has 2 unspecified atom stereocenters. The average molecular weight is 191 g/mol. The maximum absolute atomic E-state index is 5.69. The van der Waals surface area contributed by atoms with Gasteiger partial charge in [0, 0.05) is 0 Å². The maximum atomic E-state index is 5.69. The fourth-order valence-corrected chi connectivity index (χ4v) is 1.70. The van der Waals surface area contributed by atoms with Gasteiger partial charge >= 0.3 is 0 Å². The number of hydrogen-bond acceptors (Lipinski definition) is 1. The largest absolute Gasteiger partial charge is 0.352 e. The van der Waals surface area contributed by atoms with Gasteiger partial charge in [0.05, 0.1) is 6.10 Å². The fraction of sp³-hybridized carbons (Fsp3) is 1.00. The quantitative estimate of drug-likeness (QED) is 0.339. The molecule has 0 aromatic heterocycles. The topological polar surface area (TPSA) is 12.5 Å². The molecule has 2 atom stereocenters. The molecule has 1 nitrogen and oxygen atoms in total. The number of rotatable bonds is 7. The van der Waals surface area contributed by atoms with Crippen LogP contribution in [-0.2, 0) is 4.74 Å². The molecule has 0 bridgehead atoms. The first kappa shape index (κ1) is 10.3. The van der Waals surface area contributed by atoms with Gasteiger partial charge in [-0.3, -0.25) is 0 Å². The normalized spacial score (nSPS) is 27.5. The van der Waals surface area contributed by atoms with Gasteiger partial charge in [-0.2, -0.15) is 0 Å². The zero-order valence-corrected chi connectivity index (χ0v) is 8.65. The summed E-state index contributed by atoms with van der Waals surface area (Å²) in [4.78, 5) is 0. The molecule has 0 spiro atoms. The third-order valence-corrected chi connectivity index (χ3v) is 2.75. The molecule has 0 aromatic rings. The molecule has 72 valence electrons. The first-order valence-corrected chi connectivity index (χ1v) is 5.57. The number of epoxide rings is 1. The smallest absolute Gasteiger partial charge is 0.157 e. The summed E-state index contributed by atoms with van der Waals surface area (Å²) >= 11 is 5.69. The van der Waals surface area contributed by atoms with Crippen molar-refractivity contribution in [3.63, 3.8) is 0 Å². The lowest BCUT2D eigenvalue weighted by atomic mass is 10.1. The van der Waals surface area contributed by atoms with E-state index in [4.69, 9.17) is 16.3 Å². The predicted octanol–water partition coefficient (Wildman–Crippen LogP) is 3.70. The highest BCUT2D eigenvalue weighted by atomic mass is 35.5. The standard InChI is InChI=1S/C10H19ClO/c1-2-3-4-5-6-7-8-9-10(11)12-9/h9-10H,2-8H2,1H3. The van der Waals surface area contributed by atoms with Crippen molar-refractivity contribution in [2.45, 2.75) is 63.5 Å². The lowest BCUT2D eigenvalue weighted by Gasteiger charge is -1.97. The van der Waals surface area contributed by atoms with Crippen LogP contribution in [0.5, 0.6) is 0 Å². The van der Waals surface area contributed by atoms with Crippen molar-refractivity contribution >= 4 is 11.6 Å². The van der Waals surface area contributed by atoms with E-state index in [1.54, 1.807) is 0 Å². The van der Waals surface area contributed by atoms with E-state index in [1.807, 2.05) is 0 Å². The number of hydrogen-bond donors (Lipinski definition) is 0. The molecule has 1 fully saturated rings. The van der Waals surface area contributed by atoms with Crippen LogP contribution >= 0.6 is 11.6 Å². The van der Waals surface area contributed by atoms with Crippen LogP contribution in [0, 0.1) is 0 Å². The first-order chi connectivity index (χ1) is 5.84. The second kappa shape index (κ2) is 5.82. The van der Waals surface area contributed by atoms with Crippen molar-refractivity contribution in [1.82, 2.24) is 0 Å². The summed E-state index contributed by atoms with van der Waals surface area (Å²) in [6.45, 7) is 2.25. The third kappa shape index (κ3) is 4.32. The lowest BCUT2D eigenvalue weighted by molar-refractivity contribution is 0.380. The molecule has 1 rings (SSSR count). The Morgan fingerprint density at radius 1 is 1.08 bits per heavy atom. The Kier molecular flexibility index (Phi) is 5.01. The first-order valence-electron chi connectivity index (χ1n) is 5.14. The summed E-state index contributed by atoms with van der Waals surface area (Å²) in [5, 5.41) is 0. The van der Waals surface area contributed by atoms with Gasteiger partial charge in [0.25, 0.3) is 0 Å². The molecule has 1 aliphatic rings. The Hall–Kier alpha value is 0.250. The molecule has 1 heterocycles. The molecular formula is C10H19ClO. The molecule has 1 saturated heterocycles. The molecule has 0 aliphatic carbocycles. The summed E-state index contributed by atoms with van der Waals surface area (Å²) in [7, 11) is 0. The summed E-state index contributed by atoms with van der Waals surface area (Å²) < 4.78 is 5.11. The lowest BCUT2D eigenvalue weighted by Crippen LogP contribution is -1.88. The van der Waals surface area contributed by atoms with Crippen molar-refractivity contribution in [2.24, 2.45) is 0 Å². The fourth-order valence-electron chi connectivity index (χ4n) is 1.45. The van der Waals surface area contributed by atoms with Gasteiger partial charge in [-0.1, -0.05) is 57.0 Å². The minimum atomic E-state index is 0.0423. The van der Waals surface area contributed by atoms with Crippen molar-refractivity contribution < 1.29 is 4.74 Å². The van der Waals surface area contributed by atoms with Gasteiger partial charge in [-0.25, -0.2) is 0 Å². The maximum Gasteiger partial charge on any atom is 0.157 e. The van der Waals surface area contributed by atoms with E-state index in [0.29, 0.717) is 6.10 Å². The molecule has 0 radical (unpaired) electrons. The van der Waals surface area contributed by atoms with Crippen molar-refractivity contribution in [1.29, 1.82) is 0 Å². The van der Waals surface area contributed by atoms with Crippen LogP contribution in [0.15, 0.2) is 0 Å². The molecule has 2 heteroatoms. The minimum absolute atomic E-state index is 0.0423. The van der Waals surface area contributed by atoms with E-state index in [9.17, 15) is 0 Å². The van der Waals surface area contributed by atoms with Crippen LogP contribution in [0.4, 0.5) is 0 Å². The molecule has 0 N–H and O–H groups in total. The third-order valence-electron chi connectivity index (χ3n) is 2.36. The van der Waals surface area contributed by atoms with Crippen LogP contribution in [0.1, 0.15) is 51.9 Å². The minimum Gasteiger partial charge on any atom is -0.352 e. The summed E-state index contributed by atoms with van der Waals surface area (Å²) in [5.74, 6) is 0. The highest BCUT2D eigenvalue weighted by Crippen LogP contribution is 2.30. The number of ether oxygens (including phenoxy) is 1. The van der Waals surface area contributed by atoms with Crippen LogP contribution in [0.3, 0.4) is 0 Å². The van der Waals surface area contributed by atoms with Gasteiger partial charge in [-0.05, 0) is 6.42 Å². The Labute approximate surface area is 80.4 Å². The second-order valence-electron chi connectivity index (χ2n) is 3.58. The monoisotopic (exact) mass is 190 g/mol. The van der Waals surface area contributed by atoms with Gasteiger partial charge in [0.2, 0.25) is 0 Å². The van der Waals surface area contributed by atoms with E-state index in [2.05, 4.69) is 6.92 Å². The van der Waals surface area contributed by atoms with Crippen LogP contribution in [0.25, 0.3) is 0 Å². The Morgan fingerprint density at radius 3 is 2.25 bits per heavy atom. The molecule has 1 aliphatic heterocycles. The zero-order valence-electron chi connectivity index (χ0n) is 7.89. The van der Waals surface area contributed by atoms with E-state index in [-0.39, 0.29) is 5.56 Å². The summed E-state index contributed by atoms with van der Waals surface area (Å²) in [6.07, 6.45) is 9.69. The van der Waals surface area contributed by atoms with Crippen molar-refractivity contribution in [2.75, 3.05) is 0 Å². The van der Waals surface area contributed by atoms with E-state index in [0.717, 1.165) is 0 Å². The molecule has 0 aromatic carbocycles. The summed E-state index contributed by atoms with van der Waals surface area (Å²) in [6, 6.07) is 0. The van der Waals surface area contributed by atoms with Crippen LogP contribution in [-0.4, -0.2) is 11.7 Å². The molecular weight excluding hydrogens is 172 g/mol. The molecule has 0 amide bonds. The average Bonchev–Trinajstić information content (AvgIpc) is 2.74. The number of halogens is 1. The predicted molar refractivity (Wildman–Crippen MR) is 52.5 cm³/mol. The second-order valence-corrected chi connectivity index (χ2v) is 4.01. The highest BCUT2D eigenvalue weighted by Gasteiger charge is 2.35. The van der Waals surface area contributed by atoms with Gasteiger partial charge in [0.1, 0.15) is 0 Å². The highest BCUT2D eigenvalue weighted by molar-refractivity contribution is 6.21. The Morgan fingerprint density at radius 2 is 1.67 bits per heavy atom.